The van der Waals surface area contributed by atoms with Gasteiger partial charge in [0, 0.05) is 6.07 Å². The number of ether oxygens (including phenoxy) is 2. The smallest absolute Gasteiger partial charge is 0.387 e. The summed E-state index contributed by atoms with van der Waals surface area (Å²) in [6, 6.07) is 8.44. The molecule has 2 amide bonds. The van der Waals surface area contributed by atoms with E-state index < -0.39 is 12.5 Å². The van der Waals surface area contributed by atoms with E-state index in [-0.39, 0.29) is 34.5 Å². The lowest BCUT2D eigenvalue weighted by molar-refractivity contribution is -0.118. The third-order valence-electron chi connectivity index (χ3n) is 3.30. The van der Waals surface area contributed by atoms with Crippen LogP contribution in [0.5, 0.6) is 11.5 Å². The summed E-state index contributed by atoms with van der Waals surface area (Å²) in [5, 5.41) is 5.24. The Morgan fingerprint density at radius 3 is 2.84 bits per heavy atom. The van der Waals surface area contributed by atoms with E-state index in [2.05, 4.69) is 15.4 Å². The minimum Gasteiger partial charge on any atom is -0.482 e. The number of benzene rings is 2. The molecule has 2 aromatic rings. The second kappa shape index (κ2) is 6.94. The van der Waals surface area contributed by atoms with Gasteiger partial charge in [-0.3, -0.25) is 9.59 Å². The summed E-state index contributed by atoms with van der Waals surface area (Å²) in [4.78, 5) is 23.7. The Hall–Kier alpha value is -2.87. The van der Waals surface area contributed by atoms with Crippen LogP contribution < -0.4 is 20.1 Å². The standard InChI is InChI=1S/C16H11ClF2N2O4/c17-9-5-11-13(24-7-14(22)20-11)6-10(9)21-15(23)8-3-1-2-4-12(8)25-16(18)19/h1-6,16H,7H2,(H,20,22)(H,21,23). The van der Waals surface area contributed by atoms with Crippen LogP contribution >= 0.6 is 11.6 Å². The van der Waals surface area contributed by atoms with Crippen LogP contribution in [0, 0.1) is 0 Å². The minimum atomic E-state index is -3.06. The zero-order valence-corrected chi connectivity index (χ0v) is 13.3. The van der Waals surface area contributed by atoms with Crippen molar-refractivity contribution in [3.8, 4) is 11.5 Å². The zero-order chi connectivity index (χ0) is 18.0. The van der Waals surface area contributed by atoms with E-state index >= 15 is 0 Å². The van der Waals surface area contributed by atoms with Crippen molar-refractivity contribution in [3.63, 3.8) is 0 Å². The van der Waals surface area contributed by atoms with Crippen molar-refractivity contribution >= 4 is 34.8 Å². The summed E-state index contributed by atoms with van der Waals surface area (Å²) < 4.78 is 34.5. The molecule has 0 saturated heterocycles. The number of alkyl halides is 2. The number of hydrogen-bond donors (Lipinski definition) is 2. The molecule has 130 valence electrons. The number of halogens is 3. The van der Waals surface area contributed by atoms with Gasteiger partial charge < -0.3 is 20.1 Å². The largest absolute Gasteiger partial charge is 0.482 e. The second-order valence-corrected chi connectivity index (χ2v) is 5.40. The molecule has 9 heteroatoms. The van der Waals surface area contributed by atoms with Crippen LogP contribution in [-0.4, -0.2) is 25.0 Å². The Balaban J connectivity index is 1.86. The van der Waals surface area contributed by atoms with Gasteiger partial charge in [-0.2, -0.15) is 8.78 Å². The quantitative estimate of drug-likeness (QED) is 0.865. The molecule has 0 fully saturated rings. The van der Waals surface area contributed by atoms with Crippen molar-refractivity contribution in [3.05, 3.63) is 47.0 Å². The predicted molar refractivity (Wildman–Crippen MR) is 86.6 cm³/mol. The summed E-state index contributed by atoms with van der Waals surface area (Å²) >= 11 is 6.09. The monoisotopic (exact) mass is 368 g/mol. The molecule has 0 radical (unpaired) electrons. The Morgan fingerprint density at radius 2 is 2.08 bits per heavy atom. The maximum absolute atomic E-state index is 12.4. The van der Waals surface area contributed by atoms with Gasteiger partial charge in [-0.1, -0.05) is 23.7 Å². The number of hydrogen-bond acceptors (Lipinski definition) is 4. The van der Waals surface area contributed by atoms with Crippen molar-refractivity contribution in [2.45, 2.75) is 6.61 Å². The molecule has 0 atom stereocenters. The Bertz CT molecular complexity index is 845. The van der Waals surface area contributed by atoms with Crippen LogP contribution in [0.3, 0.4) is 0 Å². The van der Waals surface area contributed by atoms with Crippen LogP contribution in [-0.2, 0) is 4.79 Å². The highest BCUT2D eigenvalue weighted by Gasteiger charge is 2.21. The molecular formula is C16H11ClF2N2O4. The van der Waals surface area contributed by atoms with Crippen LogP contribution in [0.1, 0.15) is 10.4 Å². The molecule has 0 spiro atoms. The normalized spacial score (nSPS) is 12.9. The lowest BCUT2D eigenvalue weighted by Gasteiger charge is -2.20. The van der Waals surface area contributed by atoms with Crippen LogP contribution in [0.2, 0.25) is 5.02 Å². The molecule has 0 unspecified atom stereocenters. The summed E-state index contributed by atoms with van der Waals surface area (Å²) in [6.07, 6.45) is 0. The van der Waals surface area contributed by atoms with Gasteiger partial charge in [-0.15, -0.1) is 0 Å². The van der Waals surface area contributed by atoms with Gasteiger partial charge in [0.1, 0.15) is 11.5 Å². The summed E-state index contributed by atoms with van der Waals surface area (Å²) in [7, 11) is 0. The highest BCUT2D eigenvalue weighted by Crippen LogP contribution is 2.36. The van der Waals surface area contributed by atoms with Crippen molar-refractivity contribution in [2.24, 2.45) is 0 Å². The lowest BCUT2D eigenvalue weighted by atomic mass is 10.1. The fraction of sp³-hybridized carbons (Fsp3) is 0.125. The molecule has 0 bridgehead atoms. The van der Waals surface area contributed by atoms with E-state index in [0.717, 1.165) is 0 Å². The first-order valence-corrected chi connectivity index (χ1v) is 7.43. The van der Waals surface area contributed by atoms with Crippen molar-refractivity contribution in [1.82, 2.24) is 0 Å². The summed E-state index contributed by atoms with van der Waals surface area (Å²) in [6.45, 7) is -3.22. The molecule has 0 aliphatic carbocycles. The second-order valence-electron chi connectivity index (χ2n) is 4.99. The highest BCUT2D eigenvalue weighted by atomic mass is 35.5. The van der Waals surface area contributed by atoms with E-state index in [4.69, 9.17) is 16.3 Å². The van der Waals surface area contributed by atoms with Gasteiger partial charge in [0.25, 0.3) is 11.8 Å². The molecule has 2 aromatic carbocycles. The maximum Gasteiger partial charge on any atom is 0.387 e. The van der Waals surface area contributed by atoms with Crippen LogP contribution in [0.15, 0.2) is 36.4 Å². The van der Waals surface area contributed by atoms with E-state index in [1.807, 2.05) is 0 Å². The SMILES string of the molecule is O=C1COc2cc(NC(=O)c3ccccc3OC(F)F)c(Cl)cc2N1. The molecule has 0 aromatic heterocycles. The average Bonchev–Trinajstić information content (AvgIpc) is 2.55. The van der Waals surface area contributed by atoms with Gasteiger partial charge in [0.05, 0.1) is 22.0 Å². The molecule has 6 nitrogen and oxygen atoms in total. The van der Waals surface area contributed by atoms with Crippen LogP contribution in [0.25, 0.3) is 0 Å². The van der Waals surface area contributed by atoms with E-state index in [1.54, 1.807) is 0 Å². The lowest BCUT2D eigenvalue weighted by Crippen LogP contribution is -2.25. The number of fused-ring (bicyclic) bond motifs is 1. The van der Waals surface area contributed by atoms with Gasteiger partial charge in [0.15, 0.2) is 6.61 Å². The Labute approximate surface area is 145 Å². The van der Waals surface area contributed by atoms with E-state index in [0.29, 0.717) is 11.4 Å². The first-order chi connectivity index (χ1) is 11.9. The number of rotatable bonds is 4. The van der Waals surface area contributed by atoms with Gasteiger partial charge >= 0.3 is 6.61 Å². The van der Waals surface area contributed by atoms with Crippen molar-refractivity contribution in [2.75, 3.05) is 17.2 Å². The first kappa shape index (κ1) is 17.0. The van der Waals surface area contributed by atoms with Crippen molar-refractivity contribution < 1.29 is 27.8 Å². The molecule has 1 aliphatic rings. The number of para-hydroxylation sites is 1. The number of anilines is 2. The van der Waals surface area contributed by atoms with E-state index in [1.165, 1.54) is 36.4 Å². The molecule has 0 saturated carbocycles. The van der Waals surface area contributed by atoms with Gasteiger partial charge in [-0.25, -0.2) is 0 Å². The predicted octanol–water partition coefficient (Wildman–Crippen LogP) is 3.52. The third kappa shape index (κ3) is 3.80. The topological polar surface area (TPSA) is 76.7 Å². The number of nitrogens with one attached hydrogen (secondary N) is 2. The molecular weight excluding hydrogens is 358 g/mol. The number of carbonyl (C=O) groups excluding carboxylic acids is 2. The molecule has 1 aliphatic heterocycles. The fourth-order valence-electron chi connectivity index (χ4n) is 2.24. The number of carbonyl (C=O) groups is 2. The molecule has 2 N–H and O–H groups in total. The molecule has 3 rings (SSSR count). The minimum absolute atomic E-state index is 0.0780. The maximum atomic E-state index is 12.4. The summed E-state index contributed by atoms with van der Waals surface area (Å²) in [5.74, 6) is -0.930. The molecule has 1 heterocycles. The van der Waals surface area contributed by atoms with Crippen LogP contribution in [0.4, 0.5) is 20.2 Å². The Kier molecular flexibility index (Phi) is 4.71. The first-order valence-electron chi connectivity index (χ1n) is 7.05. The third-order valence-corrected chi connectivity index (χ3v) is 3.61. The number of amides is 2. The highest BCUT2D eigenvalue weighted by molar-refractivity contribution is 6.34. The average molecular weight is 369 g/mol. The fourth-order valence-corrected chi connectivity index (χ4v) is 2.45. The summed E-state index contributed by atoms with van der Waals surface area (Å²) in [5.41, 5.74) is 0.500. The van der Waals surface area contributed by atoms with E-state index in [9.17, 15) is 18.4 Å². The molecule has 25 heavy (non-hydrogen) atoms. The van der Waals surface area contributed by atoms with Crippen molar-refractivity contribution in [1.29, 1.82) is 0 Å². The van der Waals surface area contributed by atoms with Gasteiger partial charge in [-0.05, 0) is 18.2 Å². The Morgan fingerprint density at radius 1 is 1.32 bits per heavy atom. The van der Waals surface area contributed by atoms with Gasteiger partial charge in [0.2, 0.25) is 0 Å². The zero-order valence-electron chi connectivity index (χ0n) is 12.5.